The molecule has 2 aromatic heterocycles. The van der Waals surface area contributed by atoms with E-state index in [9.17, 15) is 4.79 Å². The molecule has 1 atom stereocenters. The molecule has 7 nitrogen and oxygen atoms in total. The normalized spacial score (nSPS) is 15.9. The molecule has 1 aromatic carbocycles. The van der Waals surface area contributed by atoms with Gasteiger partial charge in [-0.2, -0.15) is 0 Å². The number of nitrogens with one attached hydrogen (secondary N) is 1. The zero-order valence-corrected chi connectivity index (χ0v) is 17.1. The number of fused-ring (bicyclic) bond motifs is 1. The van der Waals surface area contributed by atoms with Gasteiger partial charge in [-0.25, -0.2) is 4.68 Å². The van der Waals surface area contributed by atoms with Crippen LogP contribution in [-0.2, 0) is 6.54 Å². The molecule has 3 heterocycles. The van der Waals surface area contributed by atoms with Gasteiger partial charge in [0, 0.05) is 30.7 Å². The number of nitrogens with zero attached hydrogens (tertiary/aromatic N) is 5. The Morgan fingerprint density at radius 1 is 1.31 bits per heavy atom. The zero-order chi connectivity index (χ0) is 20.4. The number of likely N-dealkylation sites (N-methyl/N-ethyl adjacent to an activating group) is 1. The molecule has 0 spiro atoms. The number of hydrogen-bond acceptors (Lipinski definition) is 5. The number of carbonyl (C=O) groups is 1. The van der Waals surface area contributed by atoms with E-state index in [4.69, 9.17) is 0 Å². The van der Waals surface area contributed by atoms with Crippen molar-refractivity contribution in [3.05, 3.63) is 65.1 Å². The molecular weight excluding hydrogens is 364 g/mol. The maximum atomic E-state index is 12.8. The van der Waals surface area contributed by atoms with Crippen LogP contribution in [0.1, 0.15) is 35.1 Å². The first-order chi connectivity index (χ1) is 14.0. The molecule has 0 fully saturated rings. The molecule has 4 rings (SSSR count). The fourth-order valence-electron chi connectivity index (χ4n) is 3.65. The predicted octanol–water partition coefficient (Wildman–Crippen LogP) is 2.56. The topological polar surface area (TPSA) is 75.9 Å². The highest BCUT2D eigenvalue weighted by molar-refractivity contribution is 5.93. The second kappa shape index (κ2) is 8.13. The monoisotopic (exact) mass is 390 g/mol. The lowest BCUT2D eigenvalue weighted by atomic mass is 10.0. The second-order valence-electron chi connectivity index (χ2n) is 7.70. The third-order valence-corrected chi connectivity index (χ3v) is 5.55. The molecular formula is C22H26N6O. The van der Waals surface area contributed by atoms with Crippen LogP contribution in [0, 0.1) is 6.92 Å². The van der Waals surface area contributed by atoms with E-state index in [0.717, 1.165) is 41.7 Å². The molecule has 1 unspecified atom stereocenters. The van der Waals surface area contributed by atoms with Crippen molar-refractivity contribution in [3.8, 4) is 0 Å². The second-order valence-corrected chi connectivity index (χ2v) is 7.70. The van der Waals surface area contributed by atoms with E-state index in [1.165, 1.54) is 5.57 Å². The van der Waals surface area contributed by atoms with Crippen LogP contribution < -0.4 is 5.32 Å². The van der Waals surface area contributed by atoms with Gasteiger partial charge >= 0.3 is 0 Å². The molecule has 0 bridgehead atoms. The summed E-state index contributed by atoms with van der Waals surface area (Å²) in [5.41, 5.74) is 4.47. The van der Waals surface area contributed by atoms with Gasteiger partial charge in [0.2, 0.25) is 0 Å². The number of carbonyl (C=O) groups excluding carboxylic acids is 1. The minimum Gasteiger partial charge on any atom is -0.344 e. The number of benzene rings is 1. The van der Waals surface area contributed by atoms with Crippen molar-refractivity contribution in [1.82, 2.24) is 30.2 Å². The largest absolute Gasteiger partial charge is 0.344 e. The highest BCUT2D eigenvalue weighted by Gasteiger charge is 2.21. The molecule has 1 aliphatic heterocycles. The number of aromatic nitrogens is 4. The van der Waals surface area contributed by atoms with E-state index in [-0.39, 0.29) is 11.9 Å². The Hall–Kier alpha value is -3.06. The van der Waals surface area contributed by atoms with Crippen LogP contribution in [-0.4, -0.2) is 57.0 Å². The summed E-state index contributed by atoms with van der Waals surface area (Å²) in [6.45, 7) is 6.41. The summed E-state index contributed by atoms with van der Waals surface area (Å²) in [4.78, 5) is 19.4. The van der Waals surface area contributed by atoms with Gasteiger partial charge in [0.15, 0.2) is 5.69 Å². The maximum absolute atomic E-state index is 12.8. The minimum absolute atomic E-state index is 0.00580. The summed E-state index contributed by atoms with van der Waals surface area (Å²) >= 11 is 0. The quantitative estimate of drug-likeness (QED) is 0.678. The van der Waals surface area contributed by atoms with Gasteiger partial charge in [0.05, 0.1) is 17.8 Å². The van der Waals surface area contributed by atoms with Gasteiger partial charge in [-0.3, -0.25) is 9.78 Å². The van der Waals surface area contributed by atoms with Gasteiger partial charge in [0.25, 0.3) is 5.91 Å². The van der Waals surface area contributed by atoms with E-state index in [0.29, 0.717) is 12.2 Å². The van der Waals surface area contributed by atoms with Crippen molar-refractivity contribution in [2.24, 2.45) is 0 Å². The molecule has 29 heavy (non-hydrogen) atoms. The van der Waals surface area contributed by atoms with Crippen molar-refractivity contribution in [2.45, 2.75) is 32.9 Å². The van der Waals surface area contributed by atoms with Crippen molar-refractivity contribution >= 4 is 16.8 Å². The van der Waals surface area contributed by atoms with E-state index >= 15 is 0 Å². The summed E-state index contributed by atoms with van der Waals surface area (Å²) in [7, 11) is 2.10. The van der Waals surface area contributed by atoms with Gasteiger partial charge in [-0.15, -0.1) is 5.10 Å². The molecule has 0 radical (unpaired) electrons. The average molecular weight is 390 g/mol. The molecule has 0 saturated heterocycles. The van der Waals surface area contributed by atoms with Crippen LogP contribution in [0.25, 0.3) is 10.9 Å². The maximum Gasteiger partial charge on any atom is 0.274 e. The highest BCUT2D eigenvalue weighted by atomic mass is 16.2. The van der Waals surface area contributed by atoms with Crippen LogP contribution in [0.4, 0.5) is 0 Å². The molecule has 1 N–H and O–H groups in total. The zero-order valence-electron chi connectivity index (χ0n) is 17.1. The van der Waals surface area contributed by atoms with Gasteiger partial charge in [-0.1, -0.05) is 23.4 Å². The predicted molar refractivity (Wildman–Crippen MR) is 113 cm³/mol. The Kier molecular flexibility index (Phi) is 5.40. The Labute approximate surface area is 170 Å². The van der Waals surface area contributed by atoms with Crippen LogP contribution in [0.3, 0.4) is 0 Å². The first-order valence-electron chi connectivity index (χ1n) is 9.93. The van der Waals surface area contributed by atoms with Crippen LogP contribution in [0.15, 0.2) is 48.2 Å². The van der Waals surface area contributed by atoms with Crippen LogP contribution in [0.2, 0.25) is 0 Å². The molecule has 0 aliphatic carbocycles. The smallest absolute Gasteiger partial charge is 0.274 e. The highest BCUT2D eigenvalue weighted by Crippen LogP contribution is 2.16. The first-order valence-corrected chi connectivity index (χ1v) is 9.93. The molecule has 1 amide bonds. The van der Waals surface area contributed by atoms with E-state index in [2.05, 4.69) is 44.7 Å². The van der Waals surface area contributed by atoms with Crippen molar-refractivity contribution in [1.29, 1.82) is 0 Å². The summed E-state index contributed by atoms with van der Waals surface area (Å²) in [5.74, 6) is -0.177. The molecule has 1 aliphatic rings. The van der Waals surface area contributed by atoms with E-state index in [1.54, 1.807) is 10.9 Å². The van der Waals surface area contributed by atoms with Crippen molar-refractivity contribution in [3.63, 3.8) is 0 Å². The van der Waals surface area contributed by atoms with Crippen LogP contribution >= 0.6 is 0 Å². The third kappa shape index (κ3) is 4.19. The molecule has 3 aromatic rings. The Balaban J connectivity index is 1.46. The number of rotatable bonds is 5. The van der Waals surface area contributed by atoms with Gasteiger partial charge < -0.3 is 10.2 Å². The third-order valence-electron chi connectivity index (χ3n) is 5.55. The van der Waals surface area contributed by atoms with Gasteiger partial charge in [0.1, 0.15) is 0 Å². The molecule has 150 valence electrons. The standard InChI is InChI=1S/C22H26N6O/c1-15(18-8-11-27(3)12-9-18)24-22(29)21-16(2)28(26-25-21)14-17-6-7-20-19(13-17)5-4-10-23-20/h4-8,10,13,15H,9,11-12,14H2,1-3H3,(H,24,29). The molecule has 0 saturated carbocycles. The molecule has 7 heteroatoms. The van der Waals surface area contributed by atoms with Gasteiger partial charge in [-0.05, 0) is 56.7 Å². The fourth-order valence-corrected chi connectivity index (χ4v) is 3.65. The summed E-state index contributed by atoms with van der Waals surface area (Å²) in [6.07, 6.45) is 4.96. The lowest BCUT2D eigenvalue weighted by molar-refractivity contribution is 0.0938. The lowest BCUT2D eigenvalue weighted by Crippen LogP contribution is -2.37. The summed E-state index contributed by atoms with van der Waals surface area (Å²) in [6, 6.07) is 10.1. The summed E-state index contributed by atoms with van der Waals surface area (Å²) in [5, 5.41) is 12.5. The Morgan fingerprint density at radius 2 is 2.17 bits per heavy atom. The van der Waals surface area contributed by atoms with Crippen molar-refractivity contribution < 1.29 is 4.79 Å². The van der Waals surface area contributed by atoms with Crippen LogP contribution in [0.5, 0.6) is 0 Å². The van der Waals surface area contributed by atoms with E-state index in [1.807, 2.05) is 38.1 Å². The SMILES string of the molecule is Cc1c(C(=O)NC(C)C2=CCN(C)CC2)nnn1Cc1ccc2ncccc2c1. The number of amides is 1. The lowest BCUT2D eigenvalue weighted by Gasteiger charge is -2.25. The fraction of sp³-hybridized carbons (Fsp3) is 0.364. The number of hydrogen-bond donors (Lipinski definition) is 1. The summed E-state index contributed by atoms with van der Waals surface area (Å²) < 4.78 is 1.77. The minimum atomic E-state index is -0.177. The first kappa shape index (κ1) is 19.3. The van der Waals surface area contributed by atoms with E-state index < -0.39 is 0 Å². The van der Waals surface area contributed by atoms with Crippen molar-refractivity contribution in [2.75, 3.05) is 20.1 Å². The Bertz CT molecular complexity index is 1070. The Morgan fingerprint density at radius 3 is 2.97 bits per heavy atom. The average Bonchev–Trinajstić information content (AvgIpc) is 3.08. The number of pyridine rings is 1.